The van der Waals surface area contributed by atoms with Crippen molar-refractivity contribution < 1.29 is 49.3 Å². The van der Waals surface area contributed by atoms with Crippen molar-refractivity contribution in [3.63, 3.8) is 0 Å². The lowest BCUT2D eigenvalue weighted by molar-refractivity contribution is -0.305. The lowest BCUT2D eigenvalue weighted by atomic mass is 9.99. The Hall–Kier alpha value is -3.16. The zero-order chi connectivity index (χ0) is 58.2. The van der Waals surface area contributed by atoms with Crippen LogP contribution in [0.4, 0.5) is 0 Å². The molecule has 0 aromatic carbocycles. The fraction of sp³-hybridized carbons (Fsp3) is 0.768. The van der Waals surface area contributed by atoms with E-state index in [4.69, 9.17) is 14.2 Å². The van der Waals surface area contributed by atoms with Crippen LogP contribution in [0.3, 0.4) is 0 Å². The second-order valence-corrected chi connectivity index (χ2v) is 22.5. The first-order valence-electron chi connectivity index (χ1n) is 32.9. The lowest BCUT2D eigenvalue weighted by Gasteiger charge is -2.41. The van der Waals surface area contributed by atoms with Gasteiger partial charge in [0.15, 0.2) is 12.4 Å². The number of hydrogen-bond donors (Lipinski definition) is 6. The molecule has 1 heterocycles. The molecule has 8 atom stereocenters. The Morgan fingerprint density at radius 1 is 0.500 bits per heavy atom. The van der Waals surface area contributed by atoms with Crippen molar-refractivity contribution >= 4 is 11.9 Å². The number of hydrogen-bond acceptors (Lipinski definition) is 10. The summed E-state index contributed by atoms with van der Waals surface area (Å²) in [5.74, 6) is -1.22. The van der Waals surface area contributed by atoms with Gasteiger partial charge in [-0.25, -0.2) is 0 Å². The number of esters is 1. The molecule has 11 heteroatoms. The number of aliphatic hydroxyl groups excluding tert-OH is 5. The molecule has 1 aliphatic rings. The normalized spacial score (nSPS) is 19.3. The number of carbonyl (C=O) groups is 2. The van der Waals surface area contributed by atoms with Gasteiger partial charge >= 0.3 is 5.97 Å². The van der Waals surface area contributed by atoms with E-state index in [1.165, 1.54) is 128 Å². The first-order chi connectivity index (χ1) is 39.2. The molecule has 0 saturated carbocycles. The Labute approximate surface area is 489 Å². The molecule has 462 valence electrons. The lowest BCUT2D eigenvalue weighted by Crippen LogP contribution is -2.61. The van der Waals surface area contributed by atoms with Crippen LogP contribution in [0.5, 0.6) is 0 Å². The third kappa shape index (κ3) is 43.5. The minimum atomic E-state index is -1.63. The quantitative estimate of drug-likeness (QED) is 0.0195. The molecule has 1 aliphatic heterocycles. The van der Waals surface area contributed by atoms with E-state index in [1.54, 1.807) is 6.08 Å². The van der Waals surface area contributed by atoms with Crippen molar-refractivity contribution in [2.24, 2.45) is 0 Å². The monoisotopic (exact) mass is 1120 g/mol. The highest BCUT2D eigenvalue weighted by Crippen LogP contribution is 2.26. The third-order valence-corrected chi connectivity index (χ3v) is 15.1. The average Bonchev–Trinajstić information content (AvgIpc) is 3.48. The minimum absolute atomic E-state index is 0.0912. The van der Waals surface area contributed by atoms with Gasteiger partial charge in [-0.05, 0) is 77.0 Å². The highest BCUT2D eigenvalue weighted by Gasteiger charge is 2.47. The summed E-state index contributed by atoms with van der Waals surface area (Å²) in [4.78, 5) is 26.6. The summed E-state index contributed by atoms with van der Waals surface area (Å²) in [7, 11) is 0. The molecule has 8 unspecified atom stereocenters. The first-order valence-corrected chi connectivity index (χ1v) is 32.9. The summed E-state index contributed by atoms with van der Waals surface area (Å²) in [6.45, 7) is 5.68. The molecule has 0 aromatic rings. The van der Waals surface area contributed by atoms with Crippen LogP contribution in [-0.4, -0.2) is 99.6 Å². The van der Waals surface area contributed by atoms with Gasteiger partial charge in [-0.2, -0.15) is 0 Å². The number of nitrogens with one attached hydrogen (secondary N) is 1. The zero-order valence-corrected chi connectivity index (χ0v) is 51.2. The number of allylic oxidation sites excluding steroid dienone is 13. The summed E-state index contributed by atoms with van der Waals surface area (Å²) in [6.07, 6.45) is 63.3. The van der Waals surface area contributed by atoms with Crippen LogP contribution in [0, 0.1) is 0 Å². The molecule has 0 spiro atoms. The smallest absolute Gasteiger partial charge is 0.306 e. The number of rotatable bonds is 55. The van der Waals surface area contributed by atoms with Crippen LogP contribution in [0.2, 0.25) is 0 Å². The molecule has 0 bridgehead atoms. The molecular weight excluding hydrogens is 1000 g/mol. The van der Waals surface area contributed by atoms with Gasteiger partial charge in [0.1, 0.15) is 24.4 Å². The van der Waals surface area contributed by atoms with Gasteiger partial charge in [-0.15, -0.1) is 0 Å². The summed E-state index contributed by atoms with van der Waals surface area (Å²) in [5, 5.41) is 57.1. The molecule has 80 heavy (non-hydrogen) atoms. The molecule has 0 aromatic heterocycles. The highest BCUT2D eigenvalue weighted by atomic mass is 16.7. The predicted octanol–water partition coefficient (Wildman–Crippen LogP) is 16.1. The predicted molar refractivity (Wildman–Crippen MR) is 333 cm³/mol. The van der Waals surface area contributed by atoms with Crippen molar-refractivity contribution in [2.45, 2.75) is 327 Å². The van der Waals surface area contributed by atoms with Gasteiger partial charge in [0.25, 0.3) is 0 Å². The van der Waals surface area contributed by atoms with Crippen molar-refractivity contribution in [3.8, 4) is 0 Å². The number of aliphatic hydroxyl groups is 5. The third-order valence-electron chi connectivity index (χ3n) is 15.1. The summed E-state index contributed by atoms with van der Waals surface area (Å²) >= 11 is 0. The van der Waals surface area contributed by atoms with Crippen LogP contribution in [0.15, 0.2) is 85.1 Å². The fourth-order valence-electron chi connectivity index (χ4n) is 9.89. The van der Waals surface area contributed by atoms with Gasteiger partial charge in [0.05, 0.1) is 25.4 Å². The second kappa shape index (κ2) is 56.3. The molecule has 1 amide bonds. The van der Waals surface area contributed by atoms with Gasteiger partial charge in [-0.3, -0.25) is 9.59 Å². The summed E-state index contributed by atoms with van der Waals surface area (Å²) in [6, 6.07) is -1.03. The molecule has 1 rings (SSSR count). The Bertz CT molecular complexity index is 1620. The van der Waals surface area contributed by atoms with Crippen molar-refractivity contribution in [3.05, 3.63) is 85.1 Å². The van der Waals surface area contributed by atoms with Crippen LogP contribution in [0.1, 0.15) is 278 Å². The summed E-state index contributed by atoms with van der Waals surface area (Å²) < 4.78 is 17.6. The number of carbonyl (C=O) groups excluding carboxylic acids is 2. The fourth-order valence-corrected chi connectivity index (χ4v) is 9.89. The van der Waals surface area contributed by atoms with Crippen LogP contribution in [0.25, 0.3) is 0 Å². The first kappa shape index (κ1) is 74.9. The number of amides is 1. The van der Waals surface area contributed by atoms with Crippen molar-refractivity contribution in [1.82, 2.24) is 5.32 Å². The Kier molecular flexibility index (Phi) is 52.7. The Morgan fingerprint density at radius 3 is 1.35 bits per heavy atom. The van der Waals surface area contributed by atoms with Gasteiger partial charge in [-0.1, -0.05) is 279 Å². The van der Waals surface area contributed by atoms with E-state index in [0.29, 0.717) is 12.8 Å². The SMILES string of the molecule is CC/C=C\C/C=C\C/C=C\C/C=C\C/C=C\C/C=C\CCCCCCC(=O)OC1C(OCC(NC(=O)C(O)CCCCCCCCCCCCCCCCCC)C(O)/C=C/CCCCCCCCCCCC)OC(CO)C(O)C1O. The topological polar surface area (TPSA) is 175 Å². The maximum atomic E-state index is 13.4. The van der Waals surface area contributed by atoms with Crippen LogP contribution < -0.4 is 5.32 Å². The van der Waals surface area contributed by atoms with E-state index in [1.807, 2.05) is 6.08 Å². The molecule has 11 nitrogen and oxygen atoms in total. The van der Waals surface area contributed by atoms with Crippen molar-refractivity contribution in [2.75, 3.05) is 13.2 Å². The summed E-state index contributed by atoms with van der Waals surface area (Å²) in [5.41, 5.74) is 0. The largest absolute Gasteiger partial charge is 0.454 e. The standard InChI is InChI=1S/C69H121NO10/c1-4-7-10-13-16-19-22-25-27-29-30-31-32-33-34-35-37-39-42-45-48-51-54-57-64(74)80-67-66(76)65(75)63(58-71)79-69(67)78-59-60(61(72)55-52-49-46-43-40-24-21-18-15-12-9-6-3)70-68(77)62(73)56-53-50-47-44-41-38-36-28-26-23-20-17-14-11-8-5-2/h7,10,16,19,25,27,30-31,33-34,37,39,52,55,60-63,65-67,69,71-73,75-76H,4-6,8-9,11-15,17-18,20-24,26,28-29,32,35-36,38,40-51,53-54,56-59H2,1-3H3,(H,70,77)/b10-7-,19-16-,27-25-,31-30-,34-33-,39-37-,55-52+. The van der Waals surface area contributed by atoms with E-state index in [9.17, 15) is 35.1 Å². The zero-order valence-electron chi connectivity index (χ0n) is 51.2. The van der Waals surface area contributed by atoms with Gasteiger partial charge in [0, 0.05) is 6.42 Å². The van der Waals surface area contributed by atoms with Crippen molar-refractivity contribution in [1.29, 1.82) is 0 Å². The maximum absolute atomic E-state index is 13.4. The average molecular weight is 1120 g/mol. The molecule has 6 N–H and O–H groups in total. The van der Waals surface area contributed by atoms with Gasteiger partial charge in [0.2, 0.25) is 5.91 Å². The number of unbranched alkanes of at least 4 members (excludes halogenated alkanes) is 29. The van der Waals surface area contributed by atoms with E-state index in [-0.39, 0.29) is 19.4 Å². The van der Waals surface area contributed by atoms with Crippen LogP contribution in [-0.2, 0) is 23.8 Å². The number of ether oxygens (including phenoxy) is 3. The minimum Gasteiger partial charge on any atom is -0.454 e. The molecule has 0 radical (unpaired) electrons. The Balaban J connectivity index is 2.65. The van der Waals surface area contributed by atoms with E-state index in [2.05, 4.69) is 99.0 Å². The van der Waals surface area contributed by atoms with Crippen LogP contribution >= 0.6 is 0 Å². The molecule has 1 fully saturated rings. The maximum Gasteiger partial charge on any atom is 0.306 e. The van der Waals surface area contributed by atoms with E-state index < -0.39 is 67.4 Å². The van der Waals surface area contributed by atoms with E-state index in [0.717, 1.165) is 103 Å². The second-order valence-electron chi connectivity index (χ2n) is 22.5. The van der Waals surface area contributed by atoms with Gasteiger partial charge < -0.3 is 45.1 Å². The molecule has 1 saturated heterocycles. The van der Waals surface area contributed by atoms with E-state index >= 15 is 0 Å². The molecule has 0 aliphatic carbocycles. The molecular formula is C69H121NO10. The Morgan fingerprint density at radius 2 is 0.900 bits per heavy atom. The highest BCUT2D eigenvalue weighted by molar-refractivity contribution is 5.80.